The fourth-order valence-electron chi connectivity index (χ4n) is 4.32. The number of nitrogens with two attached hydrogens (primary N) is 1. The standard InChI is InChI=1S/C23H20N4OS/c1-23(2)9-18-21(19(28)10-23)20(15-7-8-29-13-15)16(12-25)22(26)27(18)17-6-4-3-5-14(17)11-24/h3-8,13,20H,9-10,26H2,1-2H3/t20-/m0/s1. The Morgan fingerprint density at radius 1 is 1.17 bits per heavy atom. The Bertz CT molecular complexity index is 1140. The van der Waals surface area contributed by atoms with Crippen LogP contribution in [-0.4, -0.2) is 5.78 Å². The van der Waals surface area contributed by atoms with Crippen molar-refractivity contribution in [3.8, 4) is 12.1 Å². The fraction of sp³-hybridized carbons (Fsp3) is 0.261. The van der Waals surface area contributed by atoms with Crippen LogP contribution in [0, 0.1) is 28.1 Å². The van der Waals surface area contributed by atoms with E-state index in [1.54, 1.807) is 17.0 Å². The largest absolute Gasteiger partial charge is 0.384 e. The lowest BCUT2D eigenvalue weighted by Gasteiger charge is -2.43. The number of thiophene rings is 1. The van der Waals surface area contributed by atoms with Crippen LogP contribution < -0.4 is 10.6 Å². The summed E-state index contributed by atoms with van der Waals surface area (Å²) >= 11 is 1.53. The zero-order chi connectivity index (χ0) is 20.8. The Morgan fingerprint density at radius 3 is 2.59 bits per heavy atom. The molecule has 0 radical (unpaired) electrons. The highest BCUT2D eigenvalue weighted by Gasteiger charge is 2.45. The summed E-state index contributed by atoms with van der Waals surface area (Å²) in [6.45, 7) is 4.12. The third kappa shape index (κ3) is 3.03. The summed E-state index contributed by atoms with van der Waals surface area (Å²) in [5.74, 6) is -0.141. The van der Waals surface area contributed by atoms with E-state index in [0.29, 0.717) is 35.2 Å². The van der Waals surface area contributed by atoms with E-state index < -0.39 is 5.92 Å². The van der Waals surface area contributed by atoms with Crippen LogP contribution in [0.15, 0.2) is 63.8 Å². The lowest BCUT2D eigenvalue weighted by Crippen LogP contribution is -2.42. The predicted molar refractivity (Wildman–Crippen MR) is 113 cm³/mol. The third-order valence-electron chi connectivity index (χ3n) is 5.52. The molecule has 29 heavy (non-hydrogen) atoms. The van der Waals surface area contributed by atoms with E-state index in [0.717, 1.165) is 11.3 Å². The second kappa shape index (κ2) is 6.92. The molecule has 0 amide bonds. The molecule has 2 N–H and O–H groups in total. The maximum atomic E-state index is 13.3. The van der Waals surface area contributed by atoms with Crippen LogP contribution in [0.1, 0.15) is 43.7 Å². The first-order valence-corrected chi connectivity index (χ1v) is 10.3. The zero-order valence-electron chi connectivity index (χ0n) is 16.3. The second-order valence-electron chi connectivity index (χ2n) is 8.17. The van der Waals surface area contributed by atoms with Crippen molar-refractivity contribution in [2.75, 3.05) is 4.90 Å². The minimum atomic E-state index is -0.463. The number of ketones is 1. The van der Waals surface area contributed by atoms with Crippen LogP contribution in [0.4, 0.5) is 5.69 Å². The number of hydrogen-bond acceptors (Lipinski definition) is 6. The molecule has 0 bridgehead atoms. The molecule has 1 aromatic heterocycles. The zero-order valence-corrected chi connectivity index (χ0v) is 17.1. The highest BCUT2D eigenvalue weighted by atomic mass is 32.1. The van der Waals surface area contributed by atoms with Crippen molar-refractivity contribution < 1.29 is 4.79 Å². The van der Waals surface area contributed by atoms with Crippen LogP contribution in [0.5, 0.6) is 0 Å². The number of hydrogen-bond donors (Lipinski definition) is 1. The highest BCUT2D eigenvalue weighted by molar-refractivity contribution is 7.08. The SMILES string of the molecule is CC1(C)CC(=O)C2=C(C1)N(c1ccccc1C#N)C(N)=C(C#N)[C@@H]2c1ccsc1. The quantitative estimate of drug-likeness (QED) is 0.797. The van der Waals surface area contributed by atoms with Crippen molar-refractivity contribution in [1.82, 2.24) is 0 Å². The molecule has 0 saturated heterocycles. The number of carbonyl (C=O) groups is 1. The van der Waals surface area contributed by atoms with Crippen molar-refractivity contribution in [2.45, 2.75) is 32.6 Å². The molecule has 6 heteroatoms. The number of Topliss-reactive ketones (excluding diaryl/α,β-unsaturated/α-hetero) is 1. The van der Waals surface area contributed by atoms with E-state index in [-0.39, 0.29) is 17.0 Å². The monoisotopic (exact) mass is 400 g/mol. The summed E-state index contributed by atoms with van der Waals surface area (Å²) in [4.78, 5) is 15.1. The van der Waals surface area contributed by atoms with Crippen LogP contribution in [0.2, 0.25) is 0 Å². The number of para-hydroxylation sites is 1. The van der Waals surface area contributed by atoms with Gasteiger partial charge in [-0.05, 0) is 46.4 Å². The number of rotatable bonds is 2. The summed E-state index contributed by atoms with van der Waals surface area (Å²) in [7, 11) is 0. The Balaban J connectivity index is 2.04. The van der Waals surface area contributed by atoms with Gasteiger partial charge in [0.2, 0.25) is 0 Å². The van der Waals surface area contributed by atoms with Crippen molar-refractivity contribution in [3.63, 3.8) is 0 Å². The highest BCUT2D eigenvalue weighted by Crippen LogP contribution is 2.50. The molecule has 5 nitrogen and oxygen atoms in total. The summed E-state index contributed by atoms with van der Waals surface area (Å²) in [5, 5.41) is 23.5. The smallest absolute Gasteiger partial charge is 0.162 e. The molecule has 4 rings (SSSR count). The first-order valence-electron chi connectivity index (χ1n) is 9.35. The van der Waals surface area contributed by atoms with E-state index in [2.05, 4.69) is 26.0 Å². The van der Waals surface area contributed by atoms with Crippen LogP contribution >= 0.6 is 11.3 Å². The van der Waals surface area contributed by atoms with Gasteiger partial charge in [-0.1, -0.05) is 26.0 Å². The van der Waals surface area contributed by atoms with Gasteiger partial charge in [-0.2, -0.15) is 21.9 Å². The summed E-state index contributed by atoms with van der Waals surface area (Å²) in [5.41, 5.74) is 10.0. The van der Waals surface area contributed by atoms with Crippen molar-refractivity contribution in [1.29, 1.82) is 10.5 Å². The number of allylic oxidation sites excluding steroid dienone is 3. The molecule has 0 spiro atoms. The number of nitriles is 2. The number of nitrogens with zero attached hydrogens (tertiary/aromatic N) is 3. The second-order valence-corrected chi connectivity index (χ2v) is 8.95. The fourth-order valence-corrected chi connectivity index (χ4v) is 5.01. The number of carbonyl (C=O) groups excluding carboxylic acids is 1. The minimum absolute atomic E-state index is 0.0344. The number of benzene rings is 1. The van der Waals surface area contributed by atoms with Crippen molar-refractivity contribution >= 4 is 22.8 Å². The van der Waals surface area contributed by atoms with Gasteiger partial charge >= 0.3 is 0 Å². The maximum absolute atomic E-state index is 13.3. The van der Waals surface area contributed by atoms with Crippen LogP contribution in [0.3, 0.4) is 0 Å². The van der Waals surface area contributed by atoms with Gasteiger partial charge in [-0.15, -0.1) is 0 Å². The molecule has 0 saturated carbocycles. The molecule has 144 valence electrons. The minimum Gasteiger partial charge on any atom is -0.384 e. The molecule has 2 aromatic rings. The lowest BCUT2D eigenvalue weighted by atomic mass is 9.69. The Morgan fingerprint density at radius 2 is 1.93 bits per heavy atom. The van der Waals surface area contributed by atoms with E-state index >= 15 is 0 Å². The average molecular weight is 401 g/mol. The van der Waals surface area contributed by atoms with E-state index in [9.17, 15) is 15.3 Å². The van der Waals surface area contributed by atoms with Gasteiger partial charge in [0.05, 0.1) is 28.8 Å². The number of anilines is 1. The summed E-state index contributed by atoms with van der Waals surface area (Å²) in [6, 6.07) is 13.5. The Hall–Kier alpha value is -3.35. The summed E-state index contributed by atoms with van der Waals surface area (Å²) in [6.07, 6.45) is 1.05. The van der Waals surface area contributed by atoms with Crippen molar-refractivity contribution in [3.05, 3.63) is 74.9 Å². The normalized spacial score (nSPS) is 20.9. The maximum Gasteiger partial charge on any atom is 0.162 e. The molecule has 1 aromatic carbocycles. The molecule has 0 unspecified atom stereocenters. The first-order chi connectivity index (χ1) is 13.9. The van der Waals surface area contributed by atoms with Gasteiger partial charge in [0.25, 0.3) is 0 Å². The average Bonchev–Trinajstić information content (AvgIpc) is 3.20. The molecule has 1 atom stereocenters. The molecule has 1 aliphatic carbocycles. The Labute approximate surface area is 174 Å². The predicted octanol–water partition coefficient (Wildman–Crippen LogP) is 4.56. The molecular formula is C23H20N4OS. The lowest BCUT2D eigenvalue weighted by molar-refractivity contribution is -0.118. The van der Waals surface area contributed by atoms with Gasteiger partial charge in [0.15, 0.2) is 5.78 Å². The van der Waals surface area contributed by atoms with Gasteiger partial charge < -0.3 is 5.73 Å². The first kappa shape index (κ1) is 19.0. The molecular weight excluding hydrogens is 380 g/mol. The Kier molecular flexibility index (Phi) is 4.53. The van der Waals surface area contributed by atoms with Gasteiger partial charge in [0.1, 0.15) is 11.9 Å². The molecule has 2 aliphatic rings. The molecule has 0 fully saturated rings. The van der Waals surface area contributed by atoms with E-state index in [4.69, 9.17) is 5.73 Å². The topological polar surface area (TPSA) is 93.9 Å². The van der Waals surface area contributed by atoms with E-state index in [1.165, 1.54) is 11.3 Å². The van der Waals surface area contributed by atoms with Gasteiger partial charge in [-0.3, -0.25) is 9.69 Å². The van der Waals surface area contributed by atoms with Gasteiger partial charge in [0, 0.05) is 17.7 Å². The summed E-state index contributed by atoms with van der Waals surface area (Å²) < 4.78 is 0. The molecule has 1 aliphatic heterocycles. The van der Waals surface area contributed by atoms with Gasteiger partial charge in [-0.25, -0.2) is 0 Å². The molecule has 2 heterocycles. The van der Waals surface area contributed by atoms with E-state index in [1.807, 2.05) is 29.0 Å². The third-order valence-corrected chi connectivity index (χ3v) is 6.22. The van der Waals surface area contributed by atoms with Crippen molar-refractivity contribution in [2.24, 2.45) is 11.1 Å². The van der Waals surface area contributed by atoms with Crippen LogP contribution in [-0.2, 0) is 4.79 Å². The van der Waals surface area contributed by atoms with Crippen LogP contribution in [0.25, 0.3) is 0 Å².